The topological polar surface area (TPSA) is 58.9 Å². The summed E-state index contributed by atoms with van der Waals surface area (Å²) < 4.78 is 13.3. The third-order valence-corrected chi connectivity index (χ3v) is 9.09. The Hall–Kier alpha value is -5.68. The molecule has 0 aliphatic rings. The van der Waals surface area contributed by atoms with Gasteiger partial charge in [-0.15, -0.1) is 0 Å². The van der Waals surface area contributed by atoms with Crippen molar-refractivity contribution in [3.05, 3.63) is 146 Å². The molecule has 8 aromatic carbocycles. The molecule has 0 aliphatic carbocycles. The predicted octanol–water partition coefficient (Wildman–Crippen LogP) is 10.0. The van der Waals surface area contributed by atoms with E-state index in [2.05, 4.69) is 133 Å². The minimum atomic E-state index is -0.133. The van der Waals surface area contributed by atoms with Crippen molar-refractivity contribution in [1.82, 2.24) is 0 Å². The molecule has 4 nitrogen and oxygen atoms in total. The van der Waals surface area contributed by atoms with Gasteiger partial charge in [-0.3, -0.25) is 0 Å². The van der Waals surface area contributed by atoms with Crippen LogP contribution in [0.15, 0.2) is 146 Å². The fraction of sp³-hybridized carbons (Fsp3) is 0.0909. The number of hydrogen-bond acceptors (Lipinski definition) is 4. The van der Waals surface area contributed by atoms with Crippen molar-refractivity contribution in [2.75, 3.05) is 26.4 Å². The molecule has 234 valence electrons. The summed E-state index contributed by atoms with van der Waals surface area (Å²) in [4.78, 5) is 0. The van der Waals surface area contributed by atoms with Gasteiger partial charge in [0.25, 0.3) is 0 Å². The Morgan fingerprint density at radius 3 is 1.12 bits per heavy atom. The summed E-state index contributed by atoms with van der Waals surface area (Å²) >= 11 is 0. The first kappa shape index (κ1) is 29.7. The van der Waals surface area contributed by atoms with E-state index in [-0.39, 0.29) is 26.4 Å². The van der Waals surface area contributed by atoms with E-state index in [0.717, 1.165) is 76.5 Å². The zero-order valence-electron chi connectivity index (χ0n) is 26.4. The van der Waals surface area contributed by atoms with E-state index in [0.29, 0.717) is 11.5 Å². The number of ether oxygens (including phenoxy) is 2. The summed E-state index contributed by atoms with van der Waals surface area (Å²) in [5.41, 5.74) is 5.72. The van der Waals surface area contributed by atoms with E-state index < -0.39 is 0 Å². The molecule has 8 rings (SSSR count). The van der Waals surface area contributed by atoms with Gasteiger partial charge in [0.1, 0.15) is 24.7 Å². The highest BCUT2D eigenvalue weighted by atomic mass is 16.5. The van der Waals surface area contributed by atoms with Crippen molar-refractivity contribution < 1.29 is 19.7 Å². The number of aliphatic hydroxyl groups excluding tert-OH is 2. The highest BCUT2D eigenvalue weighted by Crippen LogP contribution is 2.53. The standard InChI is InChI=1S/C44H34O4/c45-23-25-47-43-39(37-21-9-15-29-11-1-5-17-33(29)37)27-31-13-3-7-19-35(31)41(43)42-36-20-8-4-14-32(36)28-40(44(42)48-26-24-46)38-22-10-16-30-12-2-6-18-34(30)38/h1-22,27-28,45-46H,23-26H2. The summed E-state index contributed by atoms with van der Waals surface area (Å²) in [6.07, 6.45) is 0. The molecule has 0 saturated carbocycles. The minimum Gasteiger partial charge on any atom is -0.490 e. The van der Waals surface area contributed by atoms with Crippen molar-refractivity contribution in [1.29, 1.82) is 0 Å². The minimum absolute atomic E-state index is 0.122. The van der Waals surface area contributed by atoms with Gasteiger partial charge in [-0.25, -0.2) is 0 Å². The normalized spacial score (nSPS) is 11.5. The highest BCUT2D eigenvalue weighted by Gasteiger charge is 2.26. The molecule has 0 aliphatic heterocycles. The van der Waals surface area contributed by atoms with Crippen LogP contribution in [0.1, 0.15) is 0 Å². The summed E-state index contributed by atoms with van der Waals surface area (Å²) in [7, 11) is 0. The van der Waals surface area contributed by atoms with Crippen molar-refractivity contribution in [3.63, 3.8) is 0 Å². The number of hydrogen-bond donors (Lipinski definition) is 2. The molecular weight excluding hydrogens is 592 g/mol. The van der Waals surface area contributed by atoms with Gasteiger partial charge in [0.2, 0.25) is 0 Å². The van der Waals surface area contributed by atoms with Crippen LogP contribution in [0.25, 0.3) is 76.5 Å². The Kier molecular flexibility index (Phi) is 7.95. The van der Waals surface area contributed by atoms with Gasteiger partial charge in [-0.05, 0) is 66.3 Å². The largest absolute Gasteiger partial charge is 0.490 e. The van der Waals surface area contributed by atoms with Crippen LogP contribution in [0.5, 0.6) is 11.5 Å². The smallest absolute Gasteiger partial charge is 0.135 e. The SMILES string of the molecule is OCCOc1c(-c2cccc3ccccc23)cc2ccccc2c1-c1c(OCCO)c(-c2cccc3ccccc23)cc2ccccc12. The van der Waals surface area contributed by atoms with Gasteiger partial charge in [-0.1, -0.05) is 133 Å². The van der Waals surface area contributed by atoms with Gasteiger partial charge in [0.05, 0.1) is 13.2 Å². The second-order valence-electron chi connectivity index (χ2n) is 11.9. The van der Waals surface area contributed by atoms with Gasteiger partial charge in [0.15, 0.2) is 0 Å². The number of benzene rings is 8. The van der Waals surface area contributed by atoms with E-state index in [1.54, 1.807) is 0 Å². The molecule has 0 fully saturated rings. The van der Waals surface area contributed by atoms with E-state index >= 15 is 0 Å². The van der Waals surface area contributed by atoms with Crippen LogP contribution in [-0.2, 0) is 0 Å². The molecule has 0 spiro atoms. The summed E-state index contributed by atoms with van der Waals surface area (Å²) in [6, 6.07) is 50.5. The molecule has 0 saturated heterocycles. The zero-order chi connectivity index (χ0) is 32.5. The Labute approximate surface area is 279 Å². The number of aliphatic hydroxyl groups is 2. The maximum atomic E-state index is 10.1. The Morgan fingerprint density at radius 1 is 0.354 bits per heavy atom. The predicted molar refractivity (Wildman–Crippen MR) is 198 cm³/mol. The molecule has 0 heterocycles. The Morgan fingerprint density at radius 2 is 0.708 bits per heavy atom. The van der Waals surface area contributed by atoms with Crippen LogP contribution in [0.2, 0.25) is 0 Å². The van der Waals surface area contributed by atoms with Crippen molar-refractivity contribution in [3.8, 4) is 44.9 Å². The maximum Gasteiger partial charge on any atom is 0.135 e. The van der Waals surface area contributed by atoms with E-state index in [9.17, 15) is 10.2 Å². The van der Waals surface area contributed by atoms with Crippen LogP contribution < -0.4 is 9.47 Å². The quantitative estimate of drug-likeness (QED) is 0.167. The Bertz CT molecular complexity index is 2260. The Balaban J connectivity index is 1.56. The first-order valence-corrected chi connectivity index (χ1v) is 16.3. The average molecular weight is 627 g/mol. The maximum absolute atomic E-state index is 10.1. The number of fused-ring (bicyclic) bond motifs is 4. The first-order chi connectivity index (χ1) is 23.8. The van der Waals surface area contributed by atoms with Crippen LogP contribution in [0, 0.1) is 0 Å². The molecule has 0 atom stereocenters. The lowest BCUT2D eigenvalue weighted by molar-refractivity contribution is 0.201. The molecule has 8 aromatic rings. The highest BCUT2D eigenvalue weighted by molar-refractivity contribution is 6.16. The molecule has 0 aromatic heterocycles. The van der Waals surface area contributed by atoms with Crippen LogP contribution in [0.4, 0.5) is 0 Å². The third-order valence-electron chi connectivity index (χ3n) is 9.09. The van der Waals surface area contributed by atoms with E-state index in [4.69, 9.17) is 9.47 Å². The molecule has 0 unspecified atom stereocenters. The summed E-state index contributed by atoms with van der Waals surface area (Å²) in [6.45, 7) is -0.0222. The van der Waals surface area contributed by atoms with Gasteiger partial charge >= 0.3 is 0 Å². The third kappa shape index (κ3) is 5.12. The van der Waals surface area contributed by atoms with Gasteiger partial charge < -0.3 is 19.7 Å². The second kappa shape index (κ2) is 12.8. The monoisotopic (exact) mass is 626 g/mol. The molecule has 4 heteroatoms. The van der Waals surface area contributed by atoms with Crippen molar-refractivity contribution in [2.45, 2.75) is 0 Å². The van der Waals surface area contributed by atoms with Gasteiger partial charge in [0, 0.05) is 22.3 Å². The fourth-order valence-electron chi connectivity index (χ4n) is 7.07. The van der Waals surface area contributed by atoms with Crippen molar-refractivity contribution >= 4 is 43.1 Å². The fourth-order valence-corrected chi connectivity index (χ4v) is 7.07. The zero-order valence-corrected chi connectivity index (χ0v) is 26.4. The van der Waals surface area contributed by atoms with Crippen LogP contribution in [0.3, 0.4) is 0 Å². The molecule has 0 bridgehead atoms. The average Bonchev–Trinajstić information content (AvgIpc) is 3.15. The molecule has 2 N–H and O–H groups in total. The summed E-state index contributed by atoms with van der Waals surface area (Å²) in [5, 5.41) is 28.8. The molecule has 0 amide bonds. The number of rotatable bonds is 9. The van der Waals surface area contributed by atoms with Crippen molar-refractivity contribution in [2.24, 2.45) is 0 Å². The lowest BCUT2D eigenvalue weighted by atomic mass is 9.85. The van der Waals surface area contributed by atoms with E-state index in [1.807, 2.05) is 12.1 Å². The molecule has 48 heavy (non-hydrogen) atoms. The first-order valence-electron chi connectivity index (χ1n) is 16.3. The lowest BCUT2D eigenvalue weighted by Gasteiger charge is -2.24. The second-order valence-corrected chi connectivity index (χ2v) is 11.9. The van der Waals surface area contributed by atoms with E-state index in [1.165, 1.54) is 0 Å². The molecular formula is C44H34O4. The van der Waals surface area contributed by atoms with Gasteiger partial charge in [-0.2, -0.15) is 0 Å². The lowest BCUT2D eigenvalue weighted by Crippen LogP contribution is -2.07. The van der Waals surface area contributed by atoms with Crippen LogP contribution in [-0.4, -0.2) is 36.6 Å². The molecule has 0 radical (unpaired) electrons. The van der Waals surface area contributed by atoms with Crippen LogP contribution >= 0.6 is 0 Å². The summed E-state index contributed by atoms with van der Waals surface area (Å²) in [5.74, 6) is 1.35.